The van der Waals surface area contributed by atoms with Gasteiger partial charge in [-0.1, -0.05) is 64.1 Å². The Morgan fingerprint density at radius 3 is 1.96 bits per heavy atom. The average Bonchev–Trinajstić information content (AvgIpc) is 2.61. The van der Waals surface area contributed by atoms with E-state index in [4.69, 9.17) is 0 Å². The molecule has 0 unspecified atom stereocenters. The van der Waals surface area contributed by atoms with Gasteiger partial charge in [-0.05, 0) is 47.5 Å². The minimum atomic E-state index is -0.290. The Morgan fingerprint density at radius 2 is 1.38 bits per heavy atom. The molecule has 3 aromatic rings. The number of amides is 1. The summed E-state index contributed by atoms with van der Waals surface area (Å²) in [5.74, 6) is -0.292. The van der Waals surface area contributed by atoms with E-state index >= 15 is 0 Å². The Kier molecular flexibility index (Phi) is 4.17. The van der Waals surface area contributed by atoms with E-state index in [1.165, 1.54) is 0 Å². The largest absolute Gasteiger partial charge is 0.325 e. The van der Waals surface area contributed by atoms with E-state index in [1.54, 1.807) is 11.8 Å². The minimum absolute atomic E-state index is 0.00229. The summed E-state index contributed by atoms with van der Waals surface area (Å²) in [5.41, 5.74) is 2.93. The van der Waals surface area contributed by atoms with Crippen molar-refractivity contribution in [2.24, 2.45) is 0 Å². The van der Waals surface area contributed by atoms with Gasteiger partial charge < -0.3 is 5.32 Å². The molecule has 0 radical (unpaired) electrons. The van der Waals surface area contributed by atoms with Gasteiger partial charge in [0, 0.05) is 20.0 Å². The number of fused-ring (bicyclic) bond motifs is 2. The Balaban J connectivity index is 1.74. The molecule has 118 valence electrons. The molecule has 1 N–H and O–H groups in total. The molecule has 0 atom stereocenters. The summed E-state index contributed by atoms with van der Waals surface area (Å²) in [6, 6.07) is 23.9. The highest BCUT2D eigenvalue weighted by Gasteiger charge is 2.31. The molecule has 1 aliphatic heterocycles. The molecule has 1 aliphatic rings. The summed E-state index contributed by atoms with van der Waals surface area (Å²) in [4.78, 5) is 15.3. The highest BCUT2D eigenvalue weighted by atomic mass is 79.9. The molecule has 0 saturated heterocycles. The van der Waals surface area contributed by atoms with Crippen LogP contribution in [-0.4, -0.2) is 5.91 Å². The summed E-state index contributed by atoms with van der Waals surface area (Å²) < 4.78 is 0.991. The third kappa shape index (κ3) is 2.87. The number of halogens is 1. The van der Waals surface area contributed by atoms with Gasteiger partial charge >= 0.3 is 0 Å². The third-order valence-corrected chi connectivity index (χ3v) is 5.77. The number of rotatable bonds is 2. The van der Waals surface area contributed by atoms with Gasteiger partial charge in [-0.25, -0.2) is 0 Å². The maximum Gasteiger partial charge on any atom is 0.236 e. The molecule has 4 heteroatoms. The third-order valence-electron chi connectivity index (χ3n) is 4.05. The van der Waals surface area contributed by atoms with Gasteiger partial charge in [0.2, 0.25) is 5.91 Å². The zero-order valence-corrected chi connectivity index (χ0v) is 15.1. The Morgan fingerprint density at radius 1 is 0.833 bits per heavy atom. The van der Waals surface area contributed by atoms with Gasteiger partial charge in [-0.15, -0.1) is 0 Å². The topological polar surface area (TPSA) is 29.1 Å². The van der Waals surface area contributed by atoms with Crippen molar-refractivity contribution in [1.82, 2.24) is 0 Å². The van der Waals surface area contributed by atoms with E-state index < -0.39 is 0 Å². The first-order valence-electron chi connectivity index (χ1n) is 7.64. The summed E-state index contributed by atoms with van der Waals surface area (Å²) in [6.45, 7) is 0. The van der Waals surface area contributed by atoms with Gasteiger partial charge in [0.25, 0.3) is 0 Å². The van der Waals surface area contributed by atoms with Crippen LogP contribution in [0.2, 0.25) is 0 Å². The monoisotopic (exact) mass is 395 g/mol. The molecular formula is C20H14BrNOS. The molecule has 1 amide bonds. The number of anilines is 1. The highest BCUT2D eigenvalue weighted by molar-refractivity contribution is 9.10. The predicted molar refractivity (Wildman–Crippen MR) is 102 cm³/mol. The fourth-order valence-electron chi connectivity index (χ4n) is 2.94. The molecule has 0 spiro atoms. The van der Waals surface area contributed by atoms with E-state index in [-0.39, 0.29) is 11.8 Å². The molecular weight excluding hydrogens is 382 g/mol. The number of hydrogen-bond donors (Lipinski definition) is 1. The van der Waals surface area contributed by atoms with Crippen molar-refractivity contribution in [3.8, 4) is 0 Å². The van der Waals surface area contributed by atoms with Crippen LogP contribution in [0.25, 0.3) is 0 Å². The standard InChI is InChI=1S/C20H14BrNOS/c21-13-9-11-14(12-10-13)22-20(23)19-15-5-1-3-7-17(15)24-18-8-4-2-6-16(18)19/h1-12,19H,(H,22,23). The fourth-order valence-corrected chi connectivity index (χ4v) is 4.34. The van der Waals surface area contributed by atoms with Gasteiger partial charge in [0.15, 0.2) is 0 Å². The summed E-state index contributed by atoms with van der Waals surface area (Å²) in [6.07, 6.45) is 0. The van der Waals surface area contributed by atoms with Crippen molar-refractivity contribution in [2.75, 3.05) is 5.32 Å². The molecule has 0 aromatic heterocycles. The molecule has 1 heterocycles. The second-order valence-electron chi connectivity index (χ2n) is 5.61. The van der Waals surface area contributed by atoms with Crippen LogP contribution in [0.15, 0.2) is 87.1 Å². The first kappa shape index (κ1) is 15.5. The average molecular weight is 396 g/mol. The second-order valence-corrected chi connectivity index (χ2v) is 7.61. The smallest absolute Gasteiger partial charge is 0.236 e. The van der Waals surface area contributed by atoms with Gasteiger partial charge in [-0.2, -0.15) is 0 Å². The SMILES string of the molecule is O=C(Nc1ccc(Br)cc1)C1c2ccccc2Sc2ccccc21. The van der Waals surface area contributed by atoms with Gasteiger partial charge in [0.1, 0.15) is 0 Å². The second kappa shape index (κ2) is 6.46. The van der Waals surface area contributed by atoms with E-state index in [2.05, 4.69) is 33.4 Å². The first-order valence-corrected chi connectivity index (χ1v) is 9.25. The zero-order valence-electron chi connectivity index (χ0n) is 12.7. The van der Waals surface area contributed by atoms with Crippen LogP contribution < -0.4 is 5.32 Å². The lowest BCUT2D eigenvalue weighted by atomic mass is 9.89. The van der Waals surface area contributed by atoms with Crippen LogP contribution in [0, 0.1) is 0 Å². The van der Waals surface area contributed by atoms with E-state index in [1.807, 2.05) is 60.7 Å². The number of carbonyl (C=O) groups is 1. The van der Waals surface area contributed by atoms with Crippen molar-refractivity contribution >= 4 is 39.3 Å². The van der Waals surface area contributed by atoms with E-state index in [0.717, 1.165) is 31.1 Å². The molecule has 0 aliphatic carbocycles. The lowest BCUT2D eigenvalue weighted by Crippen LogP contribution is -2.24. The van der Waals surface area contributed by atoms with Crippen LogP contribution in [0.1, 0.15) is 17.0 Å². The van der Waals surface area contributed by atoms with Crippen LogP contribution in [-0.2, 0) is 4.79 Å². The maximum atomic E-state index is 13.0. The summed E-state index contributed by atoms with van der Waals surface area (Å²) in [7, 11) is 0. The zero-order chi connectivity index (χ0) is 16.5. The minimum Gasteiger partial charge on any atom is -0.325 e. The lowest BCUT2D eigenvalue weighted by molar-refractivity contribution is -0.116. The van der Waals surface area contributed by atoms with Crippen molar-refractivity contribution in [1.29, 1.82) is 0 Å². The Hall–Kier alpha value is -2.04. The predicted octanol–water partition coefficient (Wildman–Crippen LogP) is 5.68. The summed E-state index contributed by atoms with van der Waals surface area (Å²) >= 11 is 5.14. The summed E-state index contributed by atoms with van der Waals surface area (Å²) in [5, 5.41) is 3.05. The van der Waals surface area contributed by atoms with Crippen molar-refractivity contribution < 1.29 is 4.79 Å². The Labute approximate surface area is 153 Å². The quantitative estimate of drug-likeness (QED) is 0.604. The molecule has 0 bridgehead atoms. The first-order chi connectivity index (χ1) is 11.7. The van der Waals surface area contributed by atoms with Crippen molar-refractivity contribution in [2.45, 2.75) is 15.7 Å². The van der Waals surface area contributed by atoms with Crippen LogP contribution >= 0.6 is 27.7 Å². The number of carbonyl (C=O) groups excluding carboxylic acids is 1. The molecule has 2 nitrogen and oxygen atoms in total. The number of nitrogens with one attached hydrogen (secondary N) is 1. The molecule has 3 aromatic carbocycles. The van der Waals surface area contributed by atoms with Crippen molar-refractivity contribution in [3.63, 3.8) is 0 Å². The molecule has 0 fully saturated rings. The fraction of sp³-hybridized carbons (Fsp3) is 0.0500. The maximum absolute atomic E-state index is 13.0. The molecule has 0 saturated carbocycles. The van der Waals surface area contributed by atoms with Crippen molar-refractivity contribution in [3.05, 3.63) is 88.4 Å². The highest BCUT2D eigenvalue weighted by Crippen LogP contribution is 2.45. The van der Waals surface area contributed by atoms with E-state index in [0.29, 0.717) is 0 Å². The number of benzene rings is 3. The number of hydrogen-bond acceptors (Lipinski definition) is 2. The lowest BCUT2D eigenvalue weighted by Gasteiger charge is -2.27. The van der Waals surface area contributed by atoms with Gasteiger partial charge in [0.05, 0.1) is 5.92 Å². The molecule has 4 rings (SSSR count). The van der Waals surface area contributed by atoms with Crippen LogP contribution in [0.4, 0.5) is 5.69 Å². The molecule has 24 heavy (non-hydrogen) atoms. The van der Waals surface area contributed by atoms with Crippen LogP contribution in [0.5, 0.6) is 0 Å². The Bertz CT molecular complexity index is 862. The normalized spacial score (nSPS) is 13.0. The van der Waals surface area contributed by atoms with Gasteiger partial charge in [-0.3, -0.25) is 4.79 Å². The van der Waals surface area contributed by atoms with Crippen LogP contribution in [0.3, 0.4) is 0 Å². The van der Waals surface area contributed by atoms with E-state index in [9.17, 15) is 4.79 Å².